The van der Waals surface area contributed by atoms with E-state index in [-0.39, 0.29) is 11.8 Å². The van der Waals surface area contributed by atoms with Gasteiger partial charge in [-0.15, -0.1) is 0 Å². The highest BCUT2D eigenvalue weighted by Gasteiger charge is 2.21. The van der Waals surface area contributed by atoms with Gasteiger partial charge in [0, 0.05) is 25.2 Å². The third kappa shape index (κ3) is 4.55. The van der Waals surface area contributed by atoms with Crippen LogP contribution in [0.2, 0.25) is 0 Å². The SMILES string of the molecule is O=[N+]([O-])c1ccc(OC2CCCN(CCc3ccccc3)C2)cc1. The van der Waals surface area contributed by atoms with Crippen LogP contribution in [-0.2, 0) is 6.42 Å². The van der Waals surface area contributed by atoms with Crippen molar-refractivity contribution in [1.29, 1.82) is 0 Å². The highest BCUT2D eigenvalue weighted by Crippen LogP contribution is 2.21. The summed E-state index contributed by atoms with van der Waals surface area (Å²) in [4.78, 5) is 12.7. The Balaban J connectivity index is 1.50. The lowest BCUT2D eigenvalue weighted by Crippen LogP contribution is -2.42. The van der Waals surface area contributed by atoms with Crippen molar-refractivity contribution in [3.05, 3.63) is 70.3 Å². The molecule has 1 saturated heterocycles. The molecule has 0 aliphatic carbocycles. The van der Waals surface area contributed by atoms with Crippen LogP contribution in [0.1, 0.15) is 18.4 Å². The highest BCUT2D eigenvalue weighted by molar-refractivity contribution is 5.36. The summed E-state index contributed by atoms with van der Waals surface area (Å²) in [6, 6.07) is 16.9. The molecule has 0 N–H and O–H groups in total. The molecular weight excluding hydrogens is 304 g/mol. The van der Waals surface area contributed by atoms with Gasteiger partial charge in [-0.3, -0.25) is 15.0 Å². The predicted molar refractivity (Wildman–Crippen MR) is 93.3 cm³/mol. The van der Waals surface area contributed by atoms with Crippen LogP contribution in [0.5, 0.6) is 5.75 Å². The Morgan fingerprint density at radius 2 is 1.88 bits per heavy atom. The Labute approximate surface area is 142 Å². The number of hydrogen-bond acceptors (Lipinski definition) is 4. The van der Waals surface area contributed by atoms with Crippen molar-refractivity contribution in [2.45, 2.75) is 25.4 Å². The first kappa shape index (κ1) is 16.5. The van der Waals surface area contributed by atoms with E-state index in [1.165, 1.54) is 17.7 Å². The van der Waals surface area contributed by atoms with Gasteiger partial charge in [0.15, 0.2) is 0 Å². The van der Waals surface area contributed by atoms with Crippen LogP contribution in [0, 0.1) is 10.1 Å². The number of hydrogen-bond donors (Lipinski definition) is 0. The maximum atomic E-state index is 10.7. The molecule has 0 saturated carbocycles. The van der Waals surface area contributed by atoms with Gasteiger partial charge < -0.3 is 4.74 Å². The van der Waals surface area contributed by atoms with Crippen molar-refractivity contribution >= 4 is 5.69 Å². The second-order valence-corrected chi connectivity index (χ2v) is 6.17. The van der Waals surface area contributed by atoms with Crippen molar-refractivity contribution in [3.63, 3.8) is 0 Å². The smallest absolute Gasteiger partial charge is 0.269 e. The molecule has 5 nitrogen and oxygen atoms in total. The fourth-order valence-corrected chi connectivity index (χ4v) is 3.08. The first-order valence-corrected chi connectivity index (χ1v) is 8.38. The lowest BCUT2D eigenvalue weighted by Gasteiger charge is -2.32. The minimum atomic E-state index is -0.393. The molecule has 1 aliphatic rings. The molecule has 1 fully saturated rings. The summed E-state index contributed by atoms with van der Waals surface area (Å²) < 4.78 is 6.01. The summed E-state index contributed by atoms with van der Waals surface area (Å²) in [5, 5.41) is 10.7. The molecule has 1 heterocycles. The lowest BCUT2D eigenvalue weighted by molar-refractivity contribution is -0.384. The Morgan fingerprint density at radius 1 is 1.12 bits per heavy atom. The van der Waals surface area contributed by atoms with Gasteiger partial charge in [0.1, 0.15) is 11.9 Å². The molecule has 1 unspecified atom stereocenters. The van der Waals surface area contributed by atoms with E-state index in [2.05, 4.69) is 29.2 Å². The molecular formula is C19H22N2O3. The summed E-state index contributed by atoms with van der Waals surface area (Å²) in [7, 11) is 0. The number of likely N-dealkylation sites (tertiary alicyclic amines) is 1. The van der Waals surface area contributed by atoms with E-state index in [0.29, 0.717) is 5.75 Å². The fraction of sp³-hybridized carbons (Fsp3) is 0.368. The van der Waals surface area contributed by atoms with Crippen molar-refractivity contribution in [1.82, 2.24) is 4.90 Å². The average molecular weight is 326 g/mol. The zero-order valence-electron chi connectivity index (χ0n) is 13.6. The molecule has 1 aliphatic heterocycles. The van der Waals surface area contributed by atoms with E-state index in [1.807, 2.05) is 6.07 Å². The van der Waals surface area contributed by atoms with E-state index in [4.69, 9.17) is 4.74 Å². The first-order chi connectivity index (χ1) is 11.7. The zero-order valence-corrected chi connectivity index (χ0v) is 13.6. The topological polar surface area (TPSA) is 55.6 Å². The fourth-order valence-electron chi connectivity index (χ4n) is 3.08. The molecule has 126 valence electrons. The summed E-state index contributed by atoms with van der Waals surface area (Å²) in [5.41, 5.74) is 1.45. The van der Waals surface area contributed by atoms with E-state index in [1.54, 1.807) is 12.1 Å². The van der Waals surface area contributed by atoms with E-state index >= 15 is 0 Å². The Bertz CT molecular complexity index is 658. The number of piperidine rings is 1. The molecule has 0 amide bonds. The van der Waals surface area contributed by atoms with Crippen molar-refractivity contribution < 1.29 is 9.66 Å². The average Bonchev–Trinajstić information content (AvgIpc) is 2.62. The first-order valence-electron chi connectivity index (χ1n) is 8.38. The maximum absolute atomic E-state index is 10.7. The number of rotatable bonds is 6. The standard InChI is InChI=1S/C19H22N2O3/c22-21(23)17-8-10-18(11-9-17)24-19-7-4-13-20(15-19)14-12-16-5-2-1-3-6-16/h1-3,5-6,8-11,19H,4,7,12-15H2. The van der Waals surface area contributed by atoms with E-state index < -0.39 is 4.92 Å². The molecule has 0 radical (unpaired) electrons. The number of nitro benzene ring substituents is 1. The second-order valence-electron chi connectivity index (χ2n) is 6.17. The number of nitro groups is 1. The van der Waals surface area contributed by atoms with E-state index in [0.717, 1.165) is 38.9 Å². The number of ether oxygens (including phenoxy) is 1. The van der Waals surface area contributed by atoms with Crippen LogP contribution in [0.15, 0.2) is 54.6 Å². The summed E-state index contributed by atoms with van der Waals surface area (Å²) >= 11 is 0. The number of nitrogens with zero attached hydrogens (tertiary/aromatic N) is 2. The van der Waals surface area contributed by atoms with Crippen LogP contribution in [0.3, 0.4) is 0 Å². The Hall–Kier alpha value is -2.40. The van der Waals surface area contributed by atoms with Gasteiger partial charge in [0.25, 0.3) is 5.69 Å². The summed E-state index contributed by atoms with van der Waals surface area (Å²) in [5.74, 6) is 0.704. The monoisotopic (exact) mass is 326 g/mol. The van der Waals surface area contributed by atoms with Crippen molar-refractivity contribution in [2.75, 3.05) is 19.6 Å². The van der Waals surface area contributed by atoms with E-state index in [9.17, 15) is 10.1 Å². The Morgan fingerprint density at radius 3 is 2.58 bits per heavy atom. The molecule has 0 aromatic heterocycles. The zero-order chi connectivity index (χ0) is 16.8. The summed E-state index contributed by atoms with van der Waals surface area (Å²) in [6.07, 6.45) is 3.34. The molecule has 2 aromatic rings. The number of non-ortho nitro benzene ring substituents is 1. The molecule has 0 spiro atoms. The molecule has 24 heavy (non-hydrogen) atoms. The molecule has 0 bridgehead atoms. The van der Waals surface area contributed by atoms with Crippen molar-refractivity contribution in [2.24, 2.45) is 0 Å². The van der Waals surface area contributed by atoms with Gasteiger partial charge in [-0.2, -0.15) is 0 Å². The van der Waals surface area contributed by atoms with Gasteiger partial charge in [0.2, 0.25) is 0 Å². The minimum Gasteiger partial charge on any atom is -0.489 e. The molecule has 5 heteroatoms. The highest BCUT2D eigenvalue weighted by atomic mass is 16.6. The molecule has 1 atom stereocenters. The van der Waals surface area contributed by atoms with Gasteiger partial charge in [0.05, 0.1) is 4.92 Å². The molecule has 2 aromatic carbocycles. The van der Waals surface area contributed by atoms with Gasteiger partial charge in [-0.25, -0.2) is 0 Å². The third-order valence-electron chi connectivity index (χ3n) is 4.37. The largest absolute Gasteiger partial charge is 0.489 e. The van der Waals surface area contributed by atoms with Crippen LogP contribution in [-0.4, -0.2) is 35.6 Å². The van der Waals surface area contributed by atoms with Crippen molar-refractivity contribution in [3.8, 4) is 5.75 Å². The van der Waals surface area contributed by atoms with Gasteiger partial charge in [-0.05, 0) is 43.5 Å². The van der Waals surface area contributed by atoms with Crippen LogP contribution in [0.4, 0.5) is 5.69 Å². The lowest BCUT2D eigenvalue weighted by atomic mass is 10.1. The van der Waals surface area contributed by atoms with Gasteiger partial charge in [-0.1, -0.05) is 30.3 Å². The quantitative estimate of drug-likeness (QED) is 0.600. The normalized spacial score (nSPS) is 18.2. The van der Waals surface area contributed by atoms with Crippen LogP contribution >= 0.6 is 0 Å². The molecule has 3 rings (SSSR count). The summed E-state index contributed by atoms with van der Waals surface area (Å²) in [6.45, 7) is 3.04. The number of benzene rings is 2. The second kappa shape index (κ2) is 7.93. The third-order valence-corrected chi connectivity index (χ3v) is 4.37. The minimum absolute atomic E-state index is 0.0930. The maximum Gasteiger partial charge on any atom is 0.269 e. The van der Waals surface area contributed by atoms with Crippen LogP contribution < -0.4 is 4.74 Å². The van der Waals surface area contributed by atoms with Gasteiger partial charge >= 0.3 is 0 Å². The predicted octanol–water partition coefficient (Wildman–Crippen LogP) is 3.68. The van der Waals surface area contributed by atoms with Crippen LogP contribution in [0.25, 0.3) is 0 Å². The Kier molecular flexibility index (Phi) is 5.43.